The molecule has 34 heavy (non-hydrogen) atoms. The molecule has 1 aliphatic carbocycles. The number of ketones is 1. The number of Topliss-reactive ketones (excluding diaryl/α,β-unsaturated/α-hetero) is 1. The highest BCUT2D eigenvalue weighted by molar-refractivity contribution is 5.99. The van der Waals surface area contributed by atoms with Crippen molar-refractivity contribution in [1.29, 1.82) is 0 Å². The maximum atomic E-state index is 13.5. The highest BCUT2D eigenvalue weighted by Crippen LogP contribution is 2.54. The van der Waals surface area contributed by atoms with E-state index in [-0.39, 0.29) is 40.7 Å². The number of aromatic hydroxyl groups is 1. The third-order valence-electron chi connectivity index (χ3n) is 7.38. The Bertz CT molecular complexity index is 1240. The second-order valence-corrected chi connectivity index (χ2v) is 10.0. The van der Waals surface area contributed by atoms with Gasteiger partial charge in [-0.3, -0.25) is 9.59 Å². The lowest BCUT2D eigenvalue weighted by atomic mass is 9.76. The molecule has 182 valence electrons. The summed E-state index contributed by atoms with van der Waals surface area (Å²) in [5, 5.41) is 11.7. The van der Waals surface area contributed by atoms with E-state index < -0.39 is 29.6 Å². The minimum absolute atomic E-state index is 0.00390. The number of carbonyl (C=O) groups excluding carboxylic acids is 2. The van der Waals surface area contributed by atoms with E-state index in [1.54, 1.807) is 26.0 Å². The Hall–Kier alpha value is -3.09. The monoisotopic (exact) mass is 468 g/mol. The standard InChI is InChI=1S/C27H32O7/c1-12(2)24(32-16(6)28)23(30)25-15(5)17-11-10-14(4)19(17)26(34-25)21-22(29)20-13(3)8-7-9-18(20)33-27(21)31/h7-9,12,14,17,19,24,26,29H,10-11H2,1-6H3. The van der Waals surface area contributed by atoms with Crippen LogP contribution in [0.1, 0.15) is 64.7 Å². The molecule has 4 rings (SSSR count). The molecule has 1 aromatic heterocycles. The van der Waals surface area contributed by atoms with Crippen LogP contribution in [0.5, 0.6) is 5.75 Å². The lowest BCUT2D eigenvalue weighted by Crippen LogP contribution is -2.39. The molecule has 1 aromatic carbocycles. The molecule has 0 radical (unpaired) electrons. The minimum atomic E-state index is -0.998. The van der Waals surface area contributed by atoms with E-state index >= 15 is 0 Å². The van der Waals surface area contributed by atoms with Crippen molar-refractivity contribution in [1.82, 2.24) is 0 Å². The summed E-state index contributed by atoms with van der Waals surface area (Å²) in [5.74, 6) is -1.17. The van der Waals surface area contributed by atoms with Gasteiger partial charge in [-0.1, -0.05) is 32.9 Å². The van der Waals surface area contributed by atoms with E-state index in [1.165, 1.54) is 6.92 Å². The number of benzene rings is 1. The van der Waals surface area contributed by atoms with Gasteiger partial charge in [0.25, 0.3) is 0 Å². The van der Waals surface area contributed by atoms with Gasteiger partial charge in [0.05, 0.1) is 5.39 Å². The fourth-order valence-corrected chi connectivity index (χ4v) is 5.68. The molecule has 2 aliphatic rings. The number of esters is 1. The first-order valence-corrected chi connectivity index (χ1v) is 11.9. The second-order valence-electron chi connectivity index (χ2n) is 10.0. The molecule has 0 saturated heterocycles. The maximum absolute atomic E-state index is 13.5. The predicted octanol–water partition coefficient (Wildman–Crippen LogP) is 4.97. The summed E-state index contributed by atoms with van der Waals surface area (Å²) in [6.45, 7) is 10.7. The normalized spacial score (nSPS) is 25.3. The van der Waals surface area contributed by atoms with Crippen LogP contribution in [-0.4, -0.2) is 23.0 Å². The van der Waals surface area contributed by atoms with Gasteiger partial charge in [0, 0.05) is 12.8 Å². The van der Waals surface area contributed by atoms with Crippen LogP contribution in [0.2, 0.25) is 0 Å². The van der Waals surface area contributed by atoms with Crippen LogP contribution in [0, 0.1) is 30.6 Å². The van der Waals surface area contributed by atoms with Gasteiger partial charge in [-0.15, -0.1) is 0 Å². The van der Waals surface area contributed by atoms with Gasteiger partial charge < -0.3 is 19.0 Å². The zero-order valence-electron chi connectivity index (χ0n) is 20.5. The Morgan fingerprint density at radius 1 is 1.18 bits per heavy atom. The Balaban J connectivity index is 1.87. The Kier molecular flexibility index (Phi) is 6.32. The van der Waals surface area contributed by atoms with Gasteiger partial charge in [-0.25, -0.2) is 4.79 Å². The van der Waals surface area contributed by atoms with Crippen LogP contribution >= 0.6 is 0 Å². The van der Waals surface area contributed by atoms with Crippen molar-refractivity contribution in [3.05, 3.63) is 51.1 Å². The quantitative estimate of drug-likeness (QED) is 0.488. The van der Waals surface area contributed by atoms with Crippen LogP contribution in [0.25, 0.3) is 11.0 Å². The molecular weight excluding hydrogens is 436 g/mol. The maximum Gasteiger partial charge on any atom is 0.347 e. The zero-order chi connectivity index (χ0) is 24.9. The molecule has 7 nitrogen and oxygen atoms in total. The van der Waals surface area contributed by atoms with Crippen molar-refractivity contribution in [2.45, 2.75) is 66.6 Å². The van der Waals surface area contributed by atoms with Crippen LogP contribution in [0.15, 0.2) is 38.7 Å². The number of hydrogen-bond donors (Lipinski definition) is 1. The predicted molar refractivity (Wildman–Crippen MR) is 126 cm³/mol. The number of fused-ring (bicyclic) bond motifs is 2. The van der Waals surface area contributed by atoms with E-state index in [1.807, 2.05) is 19.9 Å². The molecule has 1 N–H and O–H groups in total. The van der Waals surface area contributed by atoms with Crippen LogP contribution in [-0.2, 0) is 19.1 Å². The molecule has 0 bridgehead atoms. The van der Waals surface area contributed by atoms with Gasteiger partial charge >= 0.3 is 11.6 Å². The summed E-state index contributed by atoms with van der Waals surface area (Å²) in [6.07, 6.45) is -0.102. The molecule has 1 aliphatic heterocycles. The number of carbonyl (C=O) groups is 2. The van der Waals surface area contributed by atoms with Crippen LogP contribution < -0.4 is 5.63 Å². The highest BCUT2D eigenvalue weighted by atomic mass is 16.6. The van der Waals surface area contributed by atoms with Gasteiger partial charge in [0.15, 0.2) is 11.9 Å². The fraction of sp³-hybridized carbons (Fsp3) is 0.519. The molecular formula is C27H32O7. The number of hydrogen-bond acceptors (Lipinski definition) is 7. The lowest BCUT2D eigenvalue weighted by Gasteiger charge is -2.39. The molecule has 1 fully saturated rings. The first-order valence-electron chi connectivity index (χ1n) is 11.9. The van der Waals surface area contributed by atoms with E-state index in [4.69, 9.17) is 13.9 Å². The molecule has 2 heterocycles. The number of rotatable bonds is 5. The van der Waals surface area contributed by atoms with Gasteiger partial charge in [0.1, 0.15) is 23.0 Å². The number of aryl methyl sites for hydroxylation is 1. The zero-order valence-corrected chi connectivity index (χ0v) is 20.5. The summed E-state index contributed by atoms with van der Waals surface area (Å²) >= 11 is 0. The largest absolute Gasteiger partial charge is 0.506 e. The number of allylic oxidation sites excluding steroid dienone is 1. The third kappa shape index (κ3) is 3.91. The first kappa shape index (κ1) is 24.0. The summed E-state index contributed by atoms with van der Waals surface area (Å²) in [6, 6.07) is 5.23. The Labute approximate surface area is 198 Å². The molecule has 2 aromatic rings. The fourth-order valence-electron chi connectivity index (χ4n) is 5.68. The van der Waals surface area contributed by atoms with Crippen molar-refractivity contribution < 1.29 is 28.6 Å². The van der Waals surface area contributed by atoms with Crippen molar-refractivity contribution in [3.63, 3.8) is 0 Å². The van der Waals surface area contributed by atoms with E-state index in [0.717, 1.165) is 24.0 Å². The van der Waals surface area contributed by atoms with Crippen molar-refractivity contribution in [3.8, 4) is 5.75 Å². The summed E-state index contributed by atoms with van der Waals surface area (Å²) in [4.78, 5) is 38.3. The van der Waals surface area contributed by atoms with Gasteiger partial charge in [-0.2, -0.15) is 0 Å². The highest BCUT2D eigenvalue weighted by Gasteiger charge is 2.49. The lowest BCUT2D eigenvalue weighted by molar-refractivity contribution is -0.156. The van der Waals surface area contributed by atoms with Crippen molar-refractivity contribution >= 4 is 22.7 Å². The van der Waals surface area contributed by atoms with Crippen LogP contribution in [0.4, 0.5) is 0 Å². The second kappa shape index (κ2) is 8.93. The Morgan fingerprint density at radius 2 is 1.88 bits per heavy atom. The summed E-state index contributed by atoms with van der Waals surface area (Å²) in [7, 11) is 0. The number of ether oxygens (including phenoxy) is 2. The topological polar surface area (TPSA) is 103 Å². The van der Waals surface area contributed by atoms with E-state index in [2.05, 4.69) is 6.92 Å². The molecule has 5 atom stereocenters. The summed E-state index contributed by atoms with van der Waals surface area (Å²) < 4.78 is 17.2. The average molecular weight is 469 g/mol. The van der Waals surface area contributed by atoms with E-state index in [9.17, 15) is 19.5 Å². The molecule has 0 spiro atoms. The first-order chi connectivity index (χ1) is 16.0. The summed E-state index contributed by atoms with van der Waals surface area (Å²) in [5.41, 5.74) is 1.23. The minimum Gasteiger partial charge on any atom is -0.506 e. The van der Waals surface area contributed by atoms with Crippen molar-refractivity contribution in [2.24, 2.45) is 23.7 Å². The molecule has 1 saturated carbocycles. The Morgan fingerprint density at radius 3 is 2.53 bits per heavy atom. The molecule has 7 heteroatoms. The third-order valence-corrected chi connectivity index (χ3v) is 7.38. The van der Waals surface area contributed by atoms with E-state index in [0.29, 0.717) is 11.0 Å². The average Bonchev–Trinajstić information content (AvgIpc) is 3.14. The molecule has 5 unspecified atom stereocenters. The molecule has 0 amide bonds. The van der Waals surface area contributed by atoms with Gasteiger partial charge in [0.2, 0.25) is 5.78 Å². The smallest absolute Gasteiger partial charge is 0.347 e. The van der Waals surface area contributed by atoms with Gasteiger partial charge in [-0.05, 0) is 61.6 Å². The van der Waals surface area contributed by atoms with Crippen LogP contribution in [0.3, 0.4) is 0 Å². The van der Waals surface area contributed by atoms with Crippen molar-refractivity contribution in [2.75, 3.05) is 0 Å². The SMILES string of the molecule is CC(=O)OC(C(=O)C1=C(C)C2CCC(C)C2C(c2c(O)c3c(C)cccc3oc2=O)O1)C(C)C.